The summed E-state index contributed by atoms with van der Waals surface area (Å²) in [7, 11) is 1.57. The number of methoxy groups -OCH3 is 1. The van der Waals surface area contributed by atoms with Gasteiger partial charge in [0.2, 0.25) is 5.91 Å². The third kappa shape index (κ3) is 5.03. The first kappa shape index (κ1) is 19.7. The van der Waals surface area contributed by atoms with Crippen molar-refractivity contribution in [2.75, 3.05) is 39.9 Å². The van der Waals surface area contributed by atoms with E-state index < -0.39 is 0 Å². The molecule has 3 rings (SSSR count). The predicted octanol–water partition coefficient (Wildman–Crippen LogP) is 2.30. The summed E-state index contributed by atoms with van der Waals surface area (Å²) in [5.74, 6) is 1.16. The minimum atomic E-state index is -0.0865. The molecule has 0 atom stereocenters. The fourth-order valence-corrected chi connectivity index (χ4v) is 3.17. The summed E-state index contributed by atoms with van der Waals surface area (Å²) in [5, 5.41) is 0. The number of benzene rings is 2. The number of piperazine rings is 1. The molecule has 2 aromatic rings. The lowest BCUT2D eigenvalue weighted by atomic mass is 10.1. The molecule has 1 aliphatic heterocycles. The van der Waals surface area contributed by atoms with Crippen LogP contribution in [0.1, 0.15) is 11.1 Å². The number of rotatable bonds is 6. The van der Waals surface area contributed by atoms with Gasteiger partial charge in [-0.2, -0.15) is 0 Å². The highest BCUT2D eigenvalue weighted by Gasteiger charge is 2.24. The lowest BCUT2D eigenvalue weighted by Gasteiger charge is -2.34. The zero-order chi connectivity index (χ0) is 19.9. The number of para-hydroxylation sites is 2. The van der Waals surface area contributed by atoms with Crippen LogP contribution in [0.15, 0.2) is 48.5 Å². The van der Waals surface area contributed by atoms with Gasteiger partial charge in [-0.1, -0.05) is 42.0 Å². The minimum absolute atomic E-state index is 0.0440. The molecule has 0 N–H and O–H groups in total. The first-order valence-electron chi connectivity index (χ1n) is 9.43. The van der Waals surface area contributed by atoms with E-state index in [0.29, 0.717) is 44.1 Å². The predicted molar refractivity (Wildman–Crippen MR) is 107 cm³/mol. The number of nitrogens with zero attached hydrogens (tertiary/aromatic N) is 2. The fourth-order valence-electron chi connectivity index (χ4n) is 3.17. The molecule has 1 aliphatic rings. The molecule has 6 heteroatoms. The lowest BCUT2D eigenvalue weighted by molar-refractivity contribution is -0.140. The first-order chi connectivity index (χ1) is 13.6. The maximum absolute atomic E-state index is 12.5. The van der Waals surface area contributed by atoms with Gasteiger partial charge in [-0.3, -0.25) is 9.59 Å². The Balaban J connectivity index is 1.45. The van der Waals surface area contributed by atoms with Crippen LogP contribution >= 0.6 is 0 Å². The Hall–Kier alpha value is -3.02. The Morgan fingerprint density at radius 1 is 0.857 bits per heavy atom. The van der Waals surface area contributed by atoms with Crippen LogP contribution in [0.25, 0.3) is 0 Å². The summed E-state index contributed by atoms with van der Waals surface area (Å²) in [5.41, 5.74) is 2.19. The summed E-state index contributed by atoms with van der Waals surface area (Å²) in [6.07, 6.45) is 0.394. The summed E-state index contributed by atoms with van der Waals surface area (Å²) < 4.78 is 10.8. The molecule has 6 nitrogen and oxygen atoms in total. The molecule has 0 bridgehead atoms. The van der Waals surface area contributed by atoms with Gasteiger partial charge in [0, 0.05) is 26.2 Å². The fraction of sp³-hybridized carbons (Fsp3) is 0.364. The Bertz CT molecular complexity index is 812. The molecule has 1 heterocycles. The van der Waals surface area contributed by atoms with Crippen molar-refractivity contribution in [3.8, 4) is 11.5 Å². The average Bonchev–Trinajstić information content (AvgIpc) is 2.74. The monoisotopic (exact) mass is 382 g/mol. The van der Waals surface area contributed by atoms with Crippen molar-refractivity contribution in [1.82, 2.24) is 9.80 Å². The van der Waals surface area contributed by atoms with E-state index in [1.165, 1.54) is 5.56 Å². The van der Waals surface area contributed by atoms with E-state index in [-0.39, 0.29) is 18.4 Å². The van der Waals surface area contributed by atoms with Crippen LogP contribution in [0.4, 0.5) is 0 Å². The van der Waals surface area contributed by atoms with E-state index in [1.807, 2.05) is 48.2 Å². The highest BCUT2D eigenvalue weighted by Crippen LogP contribution is 2.25. The Morgan fingerprint density at radius 2 is 1.43 bits per heavy atom. The first-order valence-corrected chi connectivity index (χ1v) is 9.43. The highest BCUT2D eigenvalue weighted by atomic mass is 16.5. The minimum Gasteiger partial charge on any atom is -0.493 e. The third-order valence-electron chi connectivity index (χ3n) is 4.88. The standard InChI is InChI=1S/C22H26N2O4/c1-17-7-9-18(10-8-17)15-21(25)23-11-13-24(14-12-23)22(26)16-28-20-6-4-3-5-19(20)27-2/h3-10H,11-16H2,1-2H3. The van der Waals surface area contributed by atoms with Gasteiger partial charge >= 0.3 is 0 Å². The summed E-state index contributed by atoms with van der Waals surface area (Å²) >= 11 is 0. The van der Waals surface area contributed by atoms with Crippen LogP contribution < -0.4 is 9.47 Å². The van der Waals surface area contributed by atoms with Crippen LogP contribution in [0.5, 0.6) is 11.5 Å². The van der Waals surface area contributed by atoms with Crippen LogP contribution in [0.2, 0.25) is 0 Å². The summed E-state index contributed by atoms with van der Waals surface area (Å²) in [6, 6.07) is 15.2. The molecule has 0 spiro atoms. The van der Waals surface area contributed by atoms with E-state index in [4.69, 9.17) is 9.47 Å². The van der Waals surface area contributed by atoms with Crippen LogP contribution in [0.3, 0.4) is 0 Å². The molecule has 0 saturated carbocycles. The van der Waals surface area contributed by atoms with Gasteiger partial charge in [0.25, 0.3) is 5.91 Å². The molecular weight excluding hydrogens is 356 g/mol. The van der Waals surface area contributed by atoms with Gasteiger partial charge in [-0.05, 0) is 24.6 Å². The second-order valence-corrected chi connectivity index (χ2v) is 6.86. The molecule has 1 saturated heterocycles. The molecule has 0 unspecified atom stereocenters. The molecule has 0 aliphatic carbocycles. The van der Waals surface area contributed by atoms with Crippen molar-refractivity contribution in [2.45, 2.75) is 13.3 Å². The second-order valence-electron chi connectivity index (χ2n) is 6.86. The summed E-state index contributed by atoms with van der Waals surface area (Å²) in [4.78, 5) is 28.5. The Kier molecular flexibility index (Phi) is 6.53. The topological polar surface area (TPSA) is 59.1 Å². The Morgan fingerprint density at radius 3 is 2.04 bits per heavy atom. The number of hydrogen-bond acceptors (Lipinski definition) is 4. The van der Waals surface area contributed by atoms with Gasteiger partial charge in [-0.25, -0.2) is 0 Å². The average molecular weight is 382 g/mol. The van der Waals surface area contributed by atoms with Crippen molar-refractivity contribution in [3.05, 3.63) is 59.7 Å². The van der Waals surface area contributed by atoms with Crippen LogP contribution in [0, 0.1) is 6.92 Å². The molecule has 1 fully saturated rings. The van der Waals surface area contributed by atoms with E-state index in [9.17, 15) is 9.59 Å². The smallest absolute Gasteiger partial charge is 0.260 e. The molecule has 0 radical (unpaired) electrons. The Labute approximate surface area is 165 Å². The number of carbonyl (C=O) groups excluding carboxylic acids is 2. The van der Waals surface area contributed by atoms with Crippen LogP contribution in [-0.2, 0) is 16.0 Å². The highest BCUT2D eigenvalue weighted by molar-refractivity contribution is 5.80. The van der Waals surface area contributed by atoms with Crippen molar-refractivity contribution in [2.24, 2.45) is 0 Å². The molecule has 0 aromatic heterocycles. The summed E-state index contributed by atoms with van der Waals surface area (Å²) in [6.45, 7) is 4.12. The van der Waals surface area contributed by atoms with Crippen molar-refractivity contribution < 1.29 is 19.1 Å². The number of aryl methyl sites for hydroxylation is 1. The van der Waals surface area contributed by atoms with Crippen molar-refractivity contribution in [3.63, 3.8) is 0 Å². The third-order valence-corrected chi connectivity index (χ3v) is 4.88. The van der Waals surface area contributed by atoms with E-state index in [0.717, 1.165) is 5.56 Å². The lowest BCUT2D eigenvalue weighted by Crippen LogP contribution is -2.52. The molecular formula is C22H26N2O4. The van der Waals surface area contributed by atoms with Crippen LogP contribution in [-0.4, -0.2) is 61.5 Å². The van der Waals surface area contributed by atoms with E-state index in [2.05, 4.69) is 0 Å². The van der Waals surface area contributed by atoms with E-state index in [1.54, 1.807) is 24.1 Å². The van der Waals surface area contributed by atoms with E-state index >= 15 is 0 Å². The number of carbonyl (C=O) groups is 2. The van der Waals surface area contributed by atoms with Crippen molar-refractivity contribution in [1.29, 1.82) is 0 Å². The second kappa shape index (κ2) is 9.26. The zero-order valence-electron chi connectivity index (χ0n) is 16.4. The van der Waals surface area contributed by atoms with Gasteiger partial charge in [-0.15, -0.1) is 0 Å². The largest absolute Gasteiger partial charge is 0.493 e. The molecule has 148 valence electrons. The van der Waals surface area contributed by atoms with Gasteiger partial charge in [0.1, 0.15) is 0 Å². The number of hydrogen-bond donors (Lipinski definition) is 0. The van der Waals surface area contributed by atoms with Gasteiger partial charge in [0.15, 0.2) is 18.1 Å². The quantitative estimate of drug-likeness (QED) is 0.769. The molecule has 2 aromatic carbocycles. The molecule has 2 amide bonds. The maximum atomic E-state index is 12.5. The maximum Gasteiger partial charge on any atom is 0.260 e. The number of amides is 2. The van der Waals surface area contributed by atoms with Gasteiger partial charge in [0.05, 0.1) is 13.5 Å². The van der Waals surface area contributed by atoms with Gasteiger partial charge < -0.3 is 19.3 Å². The molecule has 28 heavy (non-hydrogen) atoms. The van der Waals surface area contributed by atoms with Crippen molar-refractivity contribution >= 4 is 11.8 Å². The zero-order valence-corrected chi connectivity index (χ0v) is 16.4. The normalized spacial score (nSPS) is 13.9. The SMILES string of the molecule is COc1ccccc1OCC(=O)N1CCN(C(=O)Cc2ccc(C)cc2)CC1. The number of ether oxygens (including phenoxy) is 2.